The van der Waals surface area contributed by atoms with Crippen LogP contribution in [0.15, 0.2) is 60.7 Å². The molecule has 2 aromatic rings. The van der Waals surface area contributed by atoms with Gasteiger partial charge in [-0.25, -0.2) is 0 Å². The van der Waals surface area contributed by atoms with Gasteiger partial charge >= 0.3 is 0 Å². The molecular formula is C22H23ClO3. The Kier molecular flexibility index (Phi) is 6.25. The fourth-order valence-electron chi connectivity index (χ4n) is 3.46. The summed E-state index contributed by atoms with van der Waals surface area (Å²) in [7, 11) is 1.60. The summed E-state index contributed by atoms with van der Waals surface area (Å²) < 4.78 is 10.3. The van der Waals surface area contributed by atoms with Gasteiger partial charge in [0.1, 0.15) is 6.79 Å². The first-order chi connectivity index (χ1) is 12.6. The summed E-state index contributed by atoms with van der Waals surface area (Å²) in [5.41, 5.74) is 3.85. The number of carbonyl (C=O) groups is 1. The van der Waals surface area contributed by atoms with E-state index in [1.165, 1.54) is 0 Å². The van der Waals surface area contributed by atoms with E-state index in [1.54, 1.807) is 7.11 Å². The van der Waals surface area contributed by atoms with Crippen molar-refractivity contribution in [3.63, 3.8) is 0 Å². The van der Waals surface area contributed by atoms with E-state index in [1.807, 2.05) is 48.5 Å². The molecule has 0 aliphatic heterocycles. The second-order valence-corrected chi connectivity index (χ2v) is 7.06. The fraction of sp³-hybridized carbons (Fsp3) is 0.318. The first-order valence-electron chi connectivity index (χ1n) is 8.75. The molecule has 26 heavy (non-hydrogen) atoms. The third-order valence-electron chi connectivity index (χ3n) is 4.96. The number of ketones is 1. The molecule has 3 rings (SSSR count). The number of halogens is 1. The predicted molar refractivity (Wildman–Crippen MR) is 104 cm³/mol. The third-order valence-corrected chi connectivity index (χ3v) is 5.21. The van der Waals surface area contributed by atoms with E-state index >= 15 is 0 Å². The van der Waals surface area contributed by atoms with Crippen LogP contribution < -0.4 is 0 Å². The molecule has 0 radical (unpaired) electrons. The fourth-order valence-corrected chi connectivity index (χ4v) is 3.58. The highest BCUT2D eigenvalue weighted by Crippen LogP contribution is 2.37. The van der Waals surface area contributed by atoms with Gasteiger partial charge in [0.2, 0.25) is 0 Å². The molecule has 3 nitrogen and oxygen atoms in total. The SMILES string of the molecule is C=C1C(COCOC)CCC1C(=O)c1ccc(-c2ccc(Cl)cc2)cc1. The van der Waals surface area contributed by atoms with Crippen LogP contribution in [0, 0.1) is 11.8 Å². The molecule has 0 heterocycles. The third kappa shape index (κ3) is 4.24. The molecule has 136 valence electrons. The van der Waals surface area contributed by atoms with Crippen LogP contribution >= 0.6 is 11.6 Å². The van der Waals surface area contributed by atoms with Gasteiger partial charge in [0, 0.05) is 29.5 Å². The summed E-state index contributed by atoms with van der Waals surface area (Å²) in [6.45, 7) is 5.00. The van der Waals surface area contributed by atoms with Crippen molar-refractivity contribution in [1.29, 1.82) is 0 Å². The van der Waals surface area contributed by atoms with Gasteiger partial charge in [-0.3, -0.25) is 4.79 Å². The van der Waals surface area contributed by atoms with Gasteiger partial charge < -0.3 is 9.47 Å². The van der Waals surface area contributed by atoms with E-state index in [2.05, 4.69) is 6.58 Å². The van der Waals surface area contributed by atoms with Crippen LogP contribution in [0.25, 0.3) is 11.1 Å². The molecule has 0 bridgehead atoms. The number of Topliss-reactive ketones (excluding diaryl/α,β-unsaturated/α-hetero) is 1. The van der Waals surface area contributed by atoms with Crippen molar-refractivity contribution in [2.45, 2.75) is 12.8 Å². The van der Waals surface area contributed by atoms with E-state index in [9.17, 15) is 4.79 Å². The maximum atomic E-state index is 12.9. The van der Waals surface area contributed by atoms with Gasteiger partial charge in [-0.2, -0.15) is 0 Å². The Morgan fingerprint density at radius 3 is 2.31 bits per heavy atom. The Morgan fingerprint density at radius 2 is 1.69 bits per heavy atom. The minimum absolute atomic E-state index is 0.118. The van der Waals surface area contributed by atoms with Crippen molar-refractivity contribution in [2.75, 3.05) is 20.5 Å². The summed E-state index contributed by atoms with van der Waals surface area (Å²) in [5, 5.41) is 0.712. The van der Waals surface area contributed by atoms with Crippen LogP contribution in [0.2, 0.25) is 5.02 Å². The standard InChI is InChI=1S/C22H23ClO3/c1-15-19(13-26-14-25-2)9-12-21(15)22(24)18-5-3-16(4-6-18)17-7-10-20(23)11-8-17/h3-8,10-11,19,21H,1,9,12-14H2,2H3. The van der Waals surface area contributed by atoms with Crippen molar-refractivity contribution in [3.8, 4) is 11.1 Å². The number of methoxy groups -OCH3 is 1. The number of carbonyl (C=O) groups excluding carboxylic acids is 1. The highest BCUT2D eigenvalue weighted by atomic mass is 35.5. The lowest BCUT2D eigenvalue weighted by atomic mass is 9.90. The lowest BCUT2D eigenvalue weighted by molar-refractivity contribution is -0.0391. The van der Waals surface area contributed by atoms with Crippen molar-refractivity contribution in [3.05, 3.63) is 71.3 Å². The molecule has 0 aromatic heterocycles. The van der Waals surface area contributed by atoms with E-state index in [0.717, 1.165) is 35.1 Å². The Bertz CT molecular complexity index is 765. The molecule has 2 unspecified atom stereocenters. The van der Waals surface area contributed by atoms with Crippen LogP contribution in [-0.4, -0.2) is 26.3 Å². The largest absolute Gasteiger partial charge is 0.359 e. The molecule has 1 saturated carbocycles. The maximum Gasteiger partial charge on any atom is 0.169 e. The van der Waals surface area contributed by atoms with Crippen LogP contribution in [0.5, 0.6) is 0 Å². The van der Waals surface area contributed by atoms with Gasteiger partial charge in [0.25, 0.3) is 0 Å². The Labute approximate surface area is 159 Å². The smallest absolute Gasteiger partial charge is 0.169 e. The van der Waals surface area contributed by atoms with E-state index in [-0.39, 0.29) is 24.4 Å². The van der Waals surface area contributed by atoms with Gasteiger partial charge in [-0.15, -0.1) is 0 Å². The van der Waals surface area contributed by atoms with Gasteiger partial charge in [0.05, 0.1) is 6.61 Å². The normalized spacial score (nSPS) is 19.7. The number of ether oxygens (including phenoxy) is 2. The van der Waals surface area contributed by atoms with Crippen LogP contribution in [0.4, 0.5) is 0 Å². The number of hydrogen-bond acceptors (Lipinski definition) is 3. The lowest BCUT2D eigenvalue weighted by Gasteiger charge is -2.15. The molecule has 2 aromatic carbocycles. The first-order valence-corrected chi connectivity index (χ1v) is 9.13. The summed E-state index contributed by atoms with van der Waals surface area (Å²) in [6.07, 6.45) is 1.76. The predicted octanol–water partition coefficient (Wildman–Crippen LogP) is 5.39. The quantitative estimate of drug-likeness (QED) is 0.283. The second kappa shape index (κ2) is 8.63. The zero-order chi connectivity index (χ0) is 18.5. The van der Waals surface area contributed by atoms with E-state index in [4.69, 9.17) is 21.1 Å². The molecule has 0 spiro atoms. The van der Waals surface area contributed by atoms with Crippen molar-refractivity contribution >= 4 is 17.4 Å². The summed E-state index contributed by atoms with van der Waals surface area (Å²) in [6, 6.07) is 15.4. The number of rotatable bonds is 7. The number of benzene rings is 2. The highest BCUT2D eigenvalue weighted by molar-refractivity contribution is 6.30. The molecule has 2 atom stereocenters. The summed E-state index contributed by atoms with van der Waals surface area (Å²) in [4.78, 5) is 12.9. The average molecular weight is 371 g/mol. The second-order valence-electron chi connectivity index (χ2n) is 6.63. The van der Waals surface area contributed by atoms with Crippen molar-refractivity contribution in [2.24, 2.45) is 11.8 Å². The molecule has 1 aliphatic carbocycles. The molecule has 1 fully saturated rings. The van der Waals surface area contributed by atoms with Crippen LogP contribution in [0.1, 0.15) is 23.2 Å². The van der Waals surface area contributed by atoms with Crippen molar-refractivity contribution in [1.82, 2.24) is 0 Å². The van der Waals surface area contributed by atoms with E-state index < -0.39 is 0 Å². The van der Waals surface area contributed by atoms with Crippen LogP contribution in [0.3, 0.4) is 0 Å². The lowest BCUT2D eigenvalue weighted by Crippen LogP contribution is -2.16. The van der Waals surface area contributed by atoms with Gasteiger partial charge in [-0.1, -0.05) is 60.2 Å². The van der Waals surface area contributed by atoms with Gasteiger partial charge in [0.15, 0.2) is 5.78 Å². The van der Waals surface area contributed by atoms with E-state index in [0.29, 0.717) is 11.6 Å². The van der Waals surface area contributed by atoms with Crippen molar-refractivity contribution < 1.29 is 14.3 Å². The molecular weight excluding hydrogens is 348 g/mol. The molecule has 0 saturated heterocycles. The molecule has 1 aliphatic rings. The Hall–Kier alpha value is -1.94. The molecule has 0 amide bonds. The highest BCUT2D eigenvalue weighted by Gasteiger charge is 2.34. The summed E-state index contributed by atoms with van der Waals surface area (Å²) >= 11 is 5.94. The molecule has 0 N–H and O–H groups in total. The monoisotopic (exact) mass is 370 g/mol. The first kappa shape index (κ1) is 18.8. The van der Waals surface area contributed by atoms with Gasteiger partial charge in [-0.05, 0) is 36.1 Å². The molecule has 4 heteroatoms. The zero-order valence-electron chi connectivity index (χ0n) is 14.9. The Morgan fingerprint density at radius 1 is 1.08 bits per heavy atom. The average Bonchev–Trinajstić information content (AvgIpc) is 3.03. The minimum Gasteiger partial charge on any atom is -0.359 e. The maximum absolute atomic E-state index is 12.9. The minimum atomic E-state index is -0.118. The topological polar surface area (TPSA) is 35.5 Å². The Balaban J connectivity index is 1.66. The zero-order valence-corrected chi connectivity index (χ0v) is 15.7. The number of hydrogen-bond donors (Lipinski definition) is 0. The van der Waals surface area contributed by atoms with Crippen LogP contribution in [-0.2, 0) is 9.47 Å². The summed E-state index contributed by atoms with van der Waals surface area (Å²) in [5.74, 6) is 0.256.